The van der Waals surface area contributed by atoms with Crippen LogP contribution in [0.4, 0.5) is 19.0 Å². The average molecular weight is 1050 g/mol. The number of piperazine rings is 1. The number of thioether (sulfide) groups is 1. The summed E-state index contributed by atoms with van der Waals surface area (Å²) in [6.45, 7) is 23.3. The fourth-order valence-corrected chi connectivity index (χ4v) is 11.2. The number of likely N-dealkylation sites (tertiary alicyclic amines) is 1. The summed E-state index contributed by atoms with van der Waals surface area (Å²) in [6, 6.07) is 13.2. The van der Waals surface area contributed by atoms with Crippen LogP contribution in [0.2, 0.25) is 0 Å². The largest absolute Gasteiger partial charge is 0.489 e. The van der Waals surface area contributed by atoms with E-state index in [0.717, 1.165) is 33.9 Å². The molecule has 21 heteroatoms. The molecule has 0 unspecified atom stereocenters. The highest BCUT2D eigenvalue weighted by molar-refractivity contribution is 8.07. The zero-order valence-corrected chi connectivity index (χ0v) is 44.6. The average Bonchev–Trinajstić information content (AvgIpc) is 3.76. The maximum atomic E-state index is 14.1. The minimum absolute atomic E-state index is 0.0229. The third kappa shape index (κ3) is 13.0. The Bertz CT molecular complexity index is 2590. The molecule has 2 aromatic carbocycles. The van der Waals surface area contributed by atoms with E-state index in [1.165, 1.54) is 11.0 Å². The predicted octanol–water partition coefficient (Wildman–Crippen LogP) is 6.24. The standard InChI is InChI=1S/C53H69F3N10O7S/c1-31(33-12-14-34(15-13-33)43(74-11)32(2)58-10)59-46(70)40-26-36(67)29-66(40)47(71)44(50(3,4)5)60-42(68)30-72-25-24-64-20-22-65(23-21-64)41-19-18-39(62-63-41)45(69)61-48-51(6,7)49(52(48,8)9)73-37-17-16-35(28-57)38(27-37)53(54,55)56/h12-19,27,31,36,40,44,48-49,67H,10,20-26,29-30H2,1-9,11H3,(H,59,70)(H,60,68)(H,61,69)/b43-32-/t31-,36+,40-,44+,48?,49?/m0/s1. The number of carbonyl (C=O) groups excluding carboxylic acids is 4. The van der Waals surface area contributed by atoms with Crippen molar-refractivity contribution >= 4 is 52.8 Å². The smallest absolute Gasteiger partial charge is 0.417 e. The second-order valence-electron chi connectivity index (χ2n) is 21.4. The Kier molecular flexibility index (Phi) is 17.9. The van der Waals surface area contributed by atoms with Gasteiger partial charge in [-0.15, -0.1) is 22.0 Å². The second kappa shape index (κ2) is 23.2. The number of carbonyl (C=O) groups is 4. The lowest BCUT2D eigenvalue weighted by molar-refractivity contribution is -0.164. The minimum atomic E-state index is -4.73. The molecule has 0 spiro atoms. The first-order valence-corrected chi connectivity index (χ1v) is 25.8. The number of anilines is 1. The van der Waals surface area contributed by atoms with Gasteiger partial charge < -0.3 is 40.3 Å². The number of amides is 4. The zero-order chi connectivity index (χ0) is 54.5. The number of nitrogens with one attached hydrogen (secondary N) is 3. The van der Waals surface area contributed by atoms with E-state index >= 15 is 0 Å². The summed E-state index contributed by atoms with van der Waals surface area (Å²) in [5.74, 6) is -1.24. The number of aliphatic imine (C=N–C) groups is 1. The van der Waals surface area contributed by atoms with Gasteiger partial charge in [0.2, 0.25) is 17.7 Å². The van der Waals surface area contributed by atoms with Crippen molar-refractivity contribution in [3.05, 3.63) is 88.2 Å². The van der Waals surface area contributed by atoms with Crippen molar-refractivity contribution in [3.8, 4) is 11.8 Å². The van der Waals surface area contributed by atoms with E-state index in [2.05, 4.69) is 42.8 Å². The molecule has 0 radical (unpaired) electrons. The van der Waals surface area contributed by atoms with Crippen molar-refractivity contribution in [2.75, 3.05) is 63.6 Å². The van der Waals surface area contributed by atoms with Crippen LogP contribution in [0.1, 0.15) is 108 Å². The summed E-state index contributed by atoms with van der Waals surface area (Å²) in [5, 5.41) is 37.3. The third-order valence-corrected chi connectivity index (χ3v) is 15.2. The fraction of sp³-hybridized carbons (Fsp3) is 0.547. The molecule has 1 aliphatic carbocycles. The number of aliphatic hydroxyl groups excluding tert-OH is 1. The molecule has 1 saturated carbocycles. The first-order chi connectivity index (χ1) is 34.7. The molecule has 1 aromatic heterocycles. The Labute approximate surface area is 435 Å². The number of aromatic nitrogens is 2. The van der Waals surface area contributed by atoms with Crippen molar-refractivity contribution in [2.45, 2.75) is 111 Å². The van der Waals surface area contributed by atoms with E-state index in [1.54, 1.807) is 30.0 Å². The van der Waals surface area contributed by atoms with Gasteiger partial charge in [0, 0.05) is 67.5 Å². The van der Waals surface area contributed by atoms with E-state index in [1.807, 2.05) is 97.7 Å². The highest BCUT2D eigenvalue weighted by atomic mass is 32.2. The van der Waals surface area contributed by atoms with Crippen LogP contribution in [-0.4, -0.2) is 145 Å². The van der Waals surface area contributed by atoms with Gasteiger partial charge in [-0.25, -0.2) is 0 Å². The number of halogens is 3. The van der Waals surface area contributed by atoms with Crippen molar-refractivity contribution < 1.29 is 46.9 Å². The zero-order valence-electron chi connectivity index (χ0n) is 43.8. The van der Waals surface area contributed by atoms with Crippen molar-refractivity contribution in [1.82, 2.24) is 35.9 Å². The molecular formula is C53H69F3N10O7S. The van der Waals surface area contributed by atoms with E-state index in [9.17, 15) is 42.7 Å². The molecule has 0 bridgehead atoms. The first kappa shape index (κ1) is 57.2. The van der Waals surface area contributed by atoms with Gasteiger partial charge in [0.15, 0.2) is 11.5 Å². The molecule has 17 nitrogen and oxygen atoms in total. The van der Waals surface area contributed by atoms with Gasteiger partial charge in [-0.1, -0.05) is 72.7 Å². The molecule has 3 aliphatic rings. The van der Waals surface area contributed by atoms with Crippen molar-refractivity contribution in [2.24, 2.45) is 21.2 Å². The lowest BCUT2D eigenvalue weighted by atomic mass is 9.49. The third-order valence-electron chi connectivity index (χ3n) is 14.2. The van der Waals surface area contributed by atoms with Gasteiger partial charge in [-0.3, -0.25) is 29.1 Å². The van der Waals surface area contributed by atoms with E-state index in [0.29, 0.717) is 38.5 Å². The number of β-amino-alcohol motifs (C(OH)–C–C–N with tert-alkyl or cyclic N) is 1. The van der Waals surface area contributed by atoms with Gasteiger partial charge in [0.1, 0.15) is 30.5 Å². The van der Waals surface area contributed by atoms with E-state index in [-0.39, 0.29) is 37.6 Å². The number of hydrogen-bond acceptors (Lipinski definition) is 14. The van der Waals surface area contributed by atoms with Gasteiger partial charge in [0.05, 0.1) is 41.6 Å². The maximum Gasteiger partial charge on any atom is 0.417 e. The number of hydrogen-bond donors (Lipinski definition) is 4. The molecule has 6 rings (SSSR count). The summed E-state index contributed by atoms with van der Waals surface area (Å²) in [6.07, 6.45) is -4.18. The fourth-order valence-electron chi connectivity index (χ4n) is 10.4. The molecule has 74 heavy (non-hydrogen) atoms. The Morgan fingerprint density at radius 2 is 1.65 bits per heavy atom. The number of alkyl halides is 3. The van der Waals surface area contributed by atoms with E-state index in [4.69, 9.17) is 9.47 Å². The number of allylic oxidation sites excluding steroid dienone is 1. The van der Waals surface area contributed by atoms with Gasteiger partial charge in [-0.2, -0.15) is 18.4 Å². The molecule has 4 N–H and O–H groups in total. The lowest BCUT2D eigenvalue weighted by Gasteiger charge is -2.63. The van der Waals surface area contributed by atoms with Crippen LogP contribution in [0.3, 0.4) is 0 Å². The lowest BCUT2D eigenvalue weighted by Crippen LogP contribution is -2.74. The van der Waals surface area contributed by atoms with Crippen LogP contribution in [0.15, 0.2) is 65.3 Å². The second-order valence-corrected chi connectivity index (χ2v) is 22.2. The van der Waals surface area contributed by atoms with Gasteiger partial charge >= 0.3 is 6.18 Å². The van der Waals surface area contributed by atoms with Crippen LogP contribution in [-0.2, 0) is 25.3 Å². The molecule has 2 aliphatic heterocycles. The Morgan fingerprint density at radius 1 is 0.986 bits per heavy atom. The Morgan fingerprint density at radius 3 is 2.22 bits per heavy atom. The summed E-state index contributed by atoms with van der Waals surface area (Å²) in [7, 11) is 0. The number of nitrogens with zero attached hydrogens (tertiary/aromatic N) is 7. The summed E-state index contributed by atoms with van der Waals surface area (Å²) in [5.41, 5.74) is -0.922. The number of rotatable bonds is 18. The Balaban J connectivity index is 0.935. The van der Waals surface area contributed by atoms with Gasteiger partial charge in [-0.05, 0) is 73.7 Å². The summed E-state index contributed by atoms with van der Waals surface area (Å²) in [4.78, 5) is 65.2. The molecule has 400 valence electrons. The summed E-state index contributed by atoms with van der Waals surface area (Å²) < 4.78 is 52.8. The van der Waals surface area contributed by atoms with Crippen molar-refractivity contribution in [3.63, 3.8) is 0 Å². The molecular weight excluding hydrogens is 978 g/mol. The molecule has 3 aromatic rings. The molecule has 4 atom stereocenters. The van der Waals surface area contributed by atoms with E-state index < -0.39 is 93.6 Å². The molecule has 3 heterocycles. The van der Waals surface area contributed by atoms with Crippen LogP contribution in [0, 0.1) is 27.6 Å². The number of nitriles is 1. The normalized spacial score (nSPS) is 21.8. The maximum absolute atomic E-state index is 14.1. The summed E-state index contributed by atoms with van der Waals surface area (Å²) >= 11 is 1.57. The highest BCUT2D eigenvalue weighted by Crippen LogP contribution is 2.56. The van der Waals surface area contributed by atoms with Crippen molar-refractivity contribution in [1.29, 1.82) is 5.26 Å². The molecule has 4 amide bonds. The number of ether oxygens (including phenoxy) is 2. The van der Waals surface area contributed by atoms with Crippen LogP contribution >= 0.6 is 11.8 Å². The molecule has 2 saturated heterocycles. The minimum Gasteiger partial charge on any atom is -0.489 e. The topological polar surface area (TPSA) is 215 Å². The first-order valence-electron chi connectivity index (χ1n) is 24.6. The molecule has 3 fully saturated rings. The number of aliphatic hydroxyl groups is 1. The Hall–Kier alpha value is -6.08. The predicted molar refractivity (Wildman–Crippen MR) is 277 cm³/mol. The van der Waals surface area contributed by atoms with Crippen LogP contribution in [0.5, 0.6) is 5.75 Å². The van der Waals surface area contributed by atoms with Crippen LogP contribution in [0.25, 0.3) is 4.91 Å². The SMILES string of the molecule is C=N/C(C)=C(\SC)c1ccc([C@H](C)NC(=O)[C@@H]2C[C@@H](O)CN2C(=O)[C@@H](NC(=O)COCCN2CCN(c3ccc(C(=O)NC4C(C)(C)C(Oc5ccc(C#N)c(C(F)(F)F)c5)C4(C)C)nn3)CC2)C(C)(C)C)cc1. The highest BCUT2D eigenvalue weighted by Gasteiger charge is 2.64. The quantitative estimate of drug-likeness (QED) is 0.0822. The number of benzene rings is 2. The van der Waals surface area contributed by atoms with Gasteiger partial charge in [0.25, 0.3) is 5.91 Å². The van der Waals surface area contributed by atoms with Crippen LogP contribution < -0.4 is 25.6 Å². The monoisotopic (exact) mass is 1050 g/mol.